The Morgan fingerprint density at radius 3 is 2.21 bits per heavy atom. The monoisotopic (exact) mass is 402 g/mol. The predicted octanol–water partition coefficient (Wildman–Crippen LogP) is 7.84. The van der Waals surface area contributed by atoms with E-state index in [4.69, 9.17) is 21.1 Å². The number of unbranched alkanes of at least 4 members (excludes halogenated alkanes) is 5. The van der Waals surface area contributed by atoms with Crippen molar-refractivity contribution in [3.05, 3.63) is 53.1 Å². The van der Waals surface area contributed by atoms with E-state index in [-0.39, 0.29) is 0 Å². The minimum absolute atomic E-state index is 0.318. The van der Waals surface area contributed by atoms with E-state index in [9.17, 15) is 4.79 Å². The van der Waals surface area contributed by atoms with Crippen LogP contribution >= 0.6 is 11.6 Å². The Morgan fingerprint density at radius 1 is 0.857 bits per heavy atom. The minimum Gasteiger partial charge on any atom is -0.434 e. The van der Waals surface area contributed by atoms with Crippen LogP contribution < -0.4 is 4.74 Å². The second-order valence-corrected chi connectivity index (χ2v) is 7.47. The summed E-state index contributed by atoms with van der Waals surface area (Å²) in [5, 5.41) is 0.395. The first-order valence-corrected chi connectivity index (χ1v) is 10.7. The second kappa shape index (κ2) is 12.5. The number of carbonyl (C=O) groups excluding carboxylic acids is 1. The van der Waals surface area contributed by atoms with Crippen molar-refractivity contribution in [2.24, 2.45) is 0 Å². The van der Waals surface area contributed by atoms with Crippen molar-refractivity contribution >= 4 is 17.8 Å². The molecule has 0 aliphatic rings. The van der Waals surface area contributed by atoms with Crippen LogP contribution in [0.2, 0.25) is 5.02 Å². The van der Waals surface area contributed by atoms with Crippen molar-refractivity contribution in [2.45, 2.75) is 65.2 Å². The molecule has 0 spiro atoms. The van der Waals surface area contributed by atoms with Crippen molar-refractivity contribution in [3.63, 3.8) is 0 Å². The summed E-state index contributed by atoms with van der Waals surface area (Å²) in [7, 11) is 0. The van der Waals surface area contributed by atoms with Gasteiger partial charge in [0.15, 0.2) is 5.75 Å². The maximum Gasteiger partial charge on any atom is 0.513 e. The number of aryl methyl sites for hydroxylation is 1. The van der Waals surface area contributed by atoms with Gasteiger partial charge in [-0.25, -0.2) is 4.79 Å². The van der Waals surface area contributed by atoms with Crippen LogP contribution in [-0.4, -0.2) is 12.8 Å². The molecule has 2 aromatic rings. The molecule has 2 aromatic carbocycles. The van der Waals surface area contributed by atoms with Gasteiger partial charge >= 0.3 is 6.16 Å². The van der Waals surface area contributed by atoms with E-state index in [1.165, 1.54) is 31.2 Å². The Bertz CT molecular complexity index is 725. The van der Waals surface area contributed by atoms with Gasteiger partial charge in [-0.15, -0.1) is 0 Å². The van der Waals surface area contributed by atoms with Crippen LogP contribution in [0.4, 0.5) is 4.79 Å². The average Bonchev–Trinajstić information content (AvgIpc) is 2.71. The van der Waals surface area contributed by atoms with Gasteiger partial charge in [0.25, 0.3) is 0 Å². The van der Waals surface area contributed by atoms with E-state index >= 15 is 0 Å². The maximum absolute atomic E-state index is 11.7. The van der Waals surface area contributed by atoms with Gasteiger partial charge in [-0.1, -0.05) is 87.9 Å². The molecule has 0 aliphatic carbocycles. The molecule has 3 nitrogen and oxygen atoms in total. The average molecular weight is 403 g/mol. The highest BCUT2D eigenvalue weighted by atomic mass is 35.5. The summed E-state index contributed by atoms with van der Waals surface area (Å²) in [4.78, 5) is 11.7. The molecule has 0 bridgehead atoms. The first kappa shape index (κ1) is 22.3. The lowest BCUT2D eigenvalue weighted by Crippen LogP contribution is -2.11. The zero-order valence-electron chi connectivity index (χ0n) is 17.0. The summed E-state index contributed by atoms with van der Waals surface area (Å²) in [6.07, 6.45) is 8.44. The summed E-state index contributed by atoms with van der Waals surface area (Å²) in [6, 6.07) is 14.0. The van der Waals surface area contributed by atoms with Crippen molar-refractivity contribution in [2.75, 3.05) is 6.61 Å². The summed E-state index contributed by atoms with van der Waals surface area (Å²) in [6.45, 7) is 4.70. The van der Waals surface area contributed by atoms with Crippen LogP contribution in [0.25, 0.3) is 11.1 Å². The summed E-state index contributed by atoms with van der Waals surface area (Å²) in [5.41, 5.74) is 3.44. The number of hydrogen-bond donors (Lipinski definition) is 0. The van der Waals surface area contributed by atoms with Gasteiger partial charge in [-0.3, -0.25) is 0 Å². The fourth-order valence-corrected chi connectivity index (χ4v) is 3.23. The van der Waals surface area contributed by atoms with Gasteiger partial charge in [0.05, 0.1) is 11.6 Å². The van der Waals surface area contributed by atoms with Crippen molar-refractivity contribution in [3.8, 4) is 16.9 Å². The highest BCUT2D eigenvalue weighted by molar-refractivity contribution is 6.32. The van der Waals surface area contributed by atoms with Crippen LogP contribution in [0.3, 0.4) is 0 Å². The Labute approximate surface area is 174 Å². The largest absolute Gasteiger partial charge is 0.513 e. The summed E-state index contributed by atoms with van der Waals surface area (Å²) in [5.74, 6) is 0.318. The zero-order valence-corrected chi connectivity index (χ0v) is 17.8. The van der Waals surface area contributed by atoms with E-state index in [2.05, 4.69) is 38.1 Å². The molecule has 0 unspecified atom stereocenters. The fraction of sp³-hybridized carbons (Fsp3) is 0.458. The maximum atomic E-state index is 11.7. The van der Waals surface area contributed by atoms with Gasteiger partial charge in [-0.05, 0) is 48.1 Å². The molecule has 0 saturated carbocycles. The van der Waals surface area contributed by atoms with E-state index in [1.807, 2.05) is 12.1 Å². The van der Waals surface area contributed by atoms with E-state index in [0.717, 1.165) is 36.8 Å². The molecule has 0 saturated heterocycles. The van der Waals surface area contributed by atoms with Crippen LogP contribution in [0.1, 0.15) is 64.4 Å². The summed E-state index contributed by atoms with van der Waals surface area (Å²) < 4.78 is 10.3. The zero-order chi connectivity index (χ0) is 20.2. The van der Waals surface area contributed by atoms with Gasteiger partial charge in [0.1, 0.15) is 0 Å². The van der Waals surface area contributed by atoms with Crippen molar-refractivity contribution in [1.82, 2.24) is 0 Å². The smallest absolute Gasteiger partial charge is 0.434 e. The van der Waals surface area contributed by atoms with Gasteiger partial charge in [0.2, 0.25) is 0 Å². The Hall–Kier alpha value is -2.00. The molecule has 0 radical (unpaired) electrons. The third kappa shape index (κ3) is 7.55. The lowest BCUT2D eigenvalue weighted by Gasteiger charge is -2.09. The molecule has 152 valence electrons. The number of rotatable bonds is 11. The van der Waals surface area contributed by atoms with E-state index in [1.54, 1.807) is 6.07 Å². The number of halogens is 1. The van der Waals surface area contributed by atoms with Crippen LogP contribution in [0.5, 0.6) is 5.75 Å². The molecule has 0 aliphatic heterocycles. The van der Waals surface area contributed by atoms with Crippen molar-refractivity contribution in [1.29, 1.82) is 0 Å². The van der Waals surface area contributed by atoms with Crippen LogP contribution in [0, 0.1) is 0 Å². The summed E-state index contributed by atoms with van der Waals surface area (Å²) >= 11 is 6.30. The molecule has 0 heterocycles. The number of ether oxygens (including phenoxy) is 2. The second-order valence-electron chi connectivity index (χ2n) is 7.06. The minimum atomic E-state index is -0.710. The molecule has 2 rings (SSSR count). The van der Waals surface area contributed by atoms with E-state index < -0.39 is 6.16 Å². The number of hydrogen-bond acceptors (Lipinski definition) is 3. The molecule has 4 heteroatoms. The highest BCUT2D eigenvalue weighted by Gasteiger charge is 2.11. The Balaban J connectivity index is 1.91. The van der Waals surface area contributed by atoms with Crippen LogP contribution in [0.15, 0.2) is 42.5 Å². The number of benzene rings is 2. The van der Waals surface area contributed by atoms with Gasteiger partial charge in [0, 0.05) is 0 Å². The molecule has 0 aromatic heterocycles. The molecular weight excluding hydrogens is 372 g/mol. The number of carbonyl (C=O) groups is 1. The first-order chi connectivity index (χ1) is 13.6. The third-order valence-electron chi connectivity index (χ3n) is 4.70. The van der Waals surface area contributed by atoms with Gasteiger partial charge < -0.3 is 9.47 Å². The molecule has 0 N–H and O–H groups in total. The fourth-order valence-electron chi connectivity index (χ4n) is 3.01. The molecule has 0 amide bonds. The molecular formula is C24H31ClO3. The molecule has 0 fully saturated rings. The lowest BCUT2D eigenvalue weighted by molar-refractivity contribution is 0.0974. The normalized spacial score (nSPS) is 10.7. The first-order valence-electron chi connectivity index (χ1n) is 10.4. The Kier molecular flexibility index (Phi) is 9.92. The van der Waals surface area contributed by atoms with E-state index in [0.29, 0.717) is 17.4 Å². The Morgan fingerprint density at radius 2 is 1.54 bits per heavy atom. The SMILES string of the molecule is CCCCCCc1ccc(-c2ccc(OC(=O)OCCCCC)c(Cl)c2)cc1. The standard InChI is InChI=1S/C24H31ClO3/c1-3-5-7-8-10-19-11-13-20(14-12-19)21-15-16-23(22(25)18-21)28-24(26)27-17-9-6-4-2/h11-16,18H,3-10,17H2,1-2H3. The quantitative estimate of drug-likeness (QED) is 0.218. The van der Waals surface area contributed by atoms with Crippen LogP contribution in [-0.2, 0) is 11.2 Å². The van der Waals surface area contributed by atoms with Crippen molar-refractivity contribution < 1.29 is 14.3 Å². The predicted molar refractivity (Wildman–Crippen MR) is 116 cm³/mol. The topological polar surface area (TPSA) is 35.5 Å². The lowest BCUT2D eigenvalue weighted by atomic mass is 10.0. The highest BCUT2D eigenvalue weighted by Crippen LogP contribution is 2.31. The third-order valence-corrected chi connectivity index (χ3v) is 4.99. The van der Waals surface area contributed by atoms with Gasteiger partial charge in [-0.2, -0.15) is 0 Å². The molecule has 28 heavy (non-hydrogen) atoms. The molecule has 0 atom stereocenters.